The van der Waals surface area contributed by atoms with E-state index in [2.05, 4.69) is 16.0 Å². The summed E-state index contributed by atoms with van der Waals surface area (Å²) in [6.45, 7) is 4.97. The number of hydrogen-bond acceptors (Lipinski definition) is 4. The highest BCUT2D eigenvalue weighted by atomic mass is 32.2. The molecular formula is C22H30N2O3S. The Morgan fingerprint density at radius 2 is 1.75 bits per heavy atom. The predicted octanol–water partition coefficient (Wildman–Crippen LogP) is 4.11. The van der Waals surface area contributed by atoms with Crippen molar-refractivity contribution in [3.63, 3.8) is 0 Å². The van der Waals surface area contributed by atoms with Crippen LogP contribution in [0.4, 0.5) is 0 Å². The average molecular weight is 403 g/mol. The molecule has 3 fully saturated rings. The van der Waals surface area contributed by atoms with E-state index >= 15 is 0 Å². The van der Waals surface area contributed by atoms with Crippen molar-refractivity contribution in [2.75, 3.05) is 26.0 Å². The first-order valence-electron chi connectivity index (χ1n) is 10.3. The van der Waals surface area contributed by atoms with Gasteiger partial charge in [-0.3, -0.25) is 4.90 Å². The summed E-state index contributed by atoms with van der Waals surface area (Å²) in [6, 6.07) is 9.23. The molecule has 0 unspecified atom stereocenters. The van der Waals surface area contributed by atoms with Gasteiger partial charge in [0.05, 0.1) is 17.8 Å². The fraction of sp³-hybridized carbons (Fsp3) is 0.545. The zero-order valence-electron chi connectivity index (χ0n) is 16.8. The molecule has 3 aliphatic rings. The second kappa shape index (κ2) is 7.91. The zero-order valence-corrected chi connectivity index (χ0v) is 17.6. The quantitative estimate of drug-likeness (QED) is 0.790. The highest BCUT2D eigenvalue weighted by Gasteiger charge is 2.29. The minimum absolute atomic E-state index is 0.0893. The lowest BCUT2D eigenvalue weighted by Crippen LogP contribution is -2.28. The van der Waals surface area contributed by atoms with Gasteiger partial charge in [0.2, 0.25) is 0 Å². The highest BCUT2D eigenvalue weighted by molar-refractivity contribution is 7.91. The van der Waals surface area contributed by atoms with Gasteiger partial charge in [-0.05, 0) is 67.9 Å². The molecule has 2 aliphatic heterocycles. The molecule has 2 bridgehead atoms. The molecular weight excluding hydrogens is 372 g/mol. The van der Waals surface area contributed by atoms with Crippen LogP contribution in [-0.2, 0) is 16.4 Å². The third kappa shape index (κ3) is 3.98. The summed E-state index contributed by atoms with van der Waals surface area (Å²) in [7, 11) is -1.64. The smallest absolute Gasteiger partial charge is 0.178 e. The Kier molecular flexibility index (Phi) is 5.52. The van der Waals surface area contributed by atoms with E-state index in [-0.39, 0.29) is 5.75 Å². The topological polar surface area (TPSA) is 62.4 Å². The number of sulfone groups is 1. The minimum atomic E-state index is -3.26. The van der Waals surface area contributed by atoms with E-state index in [4.69, 9.17) is 4.74 Å². The summed E-state index contributed by atoms with van der Waals surface area (Å²) in [5.74, 6) is 2.47. The van der Waals surface area contributed by atoms with Gasteiger partial charge >= 0.3 is 0 Å². The molecule has 1 aliphatic carbocycles. The van der Waals surface area contributed by atoms with Crippen LogP contribution < -0.4 is 4.74 Å². The van der Waals surface area contributed by atoms with Crippen molar-refractivity contribution in [3.8, 4) is 17.0 Å². The van der Waals surface area contributed by atoms with Gasteiger partial charge in [-0.1, -0.05) is 6.92 Å². The lowest BCUT2D eigenvalue weighted by molar-refractivity contribution is 0.242. The SMILES string of the molecule is CCS(=O)(=O)c1ccc(OC)c(-c2ccc(CN3CC4CCC(CC4)C3)[nH]2)c1. The lowest BCUT2D eigenvalue weighted by Gasteiger charge is -2.21. The third-order valence-corrected chi connectivity index (χ3v) is 8.07. The standard InChI is InChI=1S/C22H30N2O3S/c1-3-28(25,26)19-9-11-22(27-2)20(12-19)21-10-8-18(23-21)15-24-13-16-4-5-17(14-24)7-6-16/h8-12,16-17,23H,3-7,13-15H2,1-2H3. The molecule has 2 saturated heterocycles. The average Bonchev–Trinajstić information content (AvgIpc) is 2.97. The van der Waals surface area contributed by atoms with Gasteiger partial charge in [-0.2, -0.15) is 0 Å². The second-order valence-corrected chi connectivity index (χ2v) is 10.5. The summed E-state index contributed by atoms with van der Waals surface area (Å²) in [6.07, 6.45) is 5.53. The van der Waals surface area contributed by atoms with Crippen LogP contribution in [0.2, 0.25) is 0 Å². The number of ether oxygens (including phenoxy) is 1. The van der Waals surface area contributed by atoms with Crippen molar-refractivity contribution in [1.82, 2.24) is 9.88 Å². The summed E-state index contributed by atoms with van der Waals surface area (Å²) in [4.78, 5) is 6.42. The van der Waals surface area contributed by atoms with Crippen LogP contribution >= 0.6 is 0 Å². The summed E-state index contributed by atoms with van der Waals surface area (Å²) < 4.78 is 30.1. The number of aromatic nitrogens is 1. The van der Waals surface area contributed by atoms with E-state index in [9.17, 15) is 8.42 Å². The molecule has 6 heteroatoms. The number of H-pyrrole nitrogens is 1. The van der Waals surface area contributed by atoms with E-state index in [1.54, 1.807) is 32.2 Å². The van der Waals surface area contributed by atoms with Crippen LogP contribution in [0.5, 0.6) is 5.75 Å². The maximum Gasteiger partial charge on any atom is 0.178 e. The van der Waals surface area contributed by atoms with Crippen LogP contribution in [-0.4, -0.2) is 44.3 Å². The predicted molar refractivity (Wildman–Crippen MR) is 111 cm³/mol. The maximum absolute atomic E-state index is 12.3. The normalized spacial score (nSPS) is 22.9. The molecule has 152 valence electrons. The third-order valence-electron chi connectivity index (χ3n) is 6.34. The largest absolute Gasteiger partial charge is 0.496 e. The Balaban J connectivity index is 1.58. The number of aromatic amines is 1. The summed E-state index contributed by atoms with van der Waals surface area (Å²) >= 11 is 0. The van der Waals surface area contributed by atoms with Crippen molar-refractivity contribution in [1.29, 1.82) is 0 Å². The number of hydrogen-bond donors (Lipinski definition) is 1. The monoisotopic (exact) mass is 402 g/mol. The van der Waals surface area contributed by atoms with E-state index in [1.165, 1.54) is 44.5 Å². The number of rotatable bonds is 6. The number of fused-ring (bicyclic) bond motifs is 4. The molecule has 5 rings (SSSR count). The Labute approximate surface area is 168 Å². The van der Waals surface area contributed by atoms with Gasteiger partial charge in [-0.25, -0.2) is 8.42 Å². The Hall–Kier alpha value is -1.79. The van der Waals surface area contributed by atoms with Crippen molar-refractivity contribution in [3.05, 3.63) is 36.0 Å². The van der Waals surface area contributed by atoms with Crippen LogP contribution in [0.3, 0.4) is 0 Å². The molecule has 2 aromatic rings. The van der Waals surface area contributed by atoms with E-state index < -0.39 is 9.84 Å². The Bertz CT molecular complexity index is 913. The van der Waals surface area contributed by atoms with Crippen molar-refractivity contribution in [2.24, 2.45) is 11.8 Å². The first-order chi connectivity index (χ1) is 13.5. The van der Waals surface area contributed by atoms with Crippen molar-refractivity contribution >= 4 is 9.84 Å². The first kappa shape index (κ1) is 19.5. The van der Waals surface area contributed by atoms with Crippen LogP contribution in [0, 0.1) is 11.8 Å². The Morgan fingerprint density at radius 1 is 1.07 bits per heavy atom. The molecule has 1 aromatic heterocycles. The molecule has 0 spiro atoms. The van der Waals surface area contributed by atoms with Crippen molar-refractivity contribution < 1.29 is 13.2 Å². The van der Waals surface area contributed by atoms with Gasteiger partial charge in [0, 0.05) is 36.6 Å². The van der Waals surface area contributed by atoms with Gasteiger partial charge in [0.25, 0.3) is 0 Å². The van der Waals surface area contributed by atoms with Gasteiger partial charge in [0.1, 0.15) is 5.75 Å². The van der Waals surface area contributed by atoms with Crippen molar-refractivity contribution in [2.45, 2.75) is 44.0 Å². The molecule has 0 amide bonds. The molecule has 28 heavy (non-hydrogen) atoms. The molecule has 0 atom stereocenters. The molecule has 5 nitrogen and oxygen atoms in total. The van der Waals surface area contributed by atoms with Gasteiger partial charge < -0.3 is 9.72 Å². The Morgan fingerprint density at radius 3 is 2.36 bits per heavy atom. The van der Waals surface area contributed by atoms with E-state index in [0.29, 0.717) is 10.6 Å². The molecule has 1 saturated carbocycles. The number of nitrogens with one attached hydrogen (secondary N) is 1. The number of benzene rings is 1. The van der Waals surface area contributed by atoms with Gasteiger partial charge in [-0.15, -0.1) is 0 Å². The number of methoxy groups -OCH3 is 1. The zero-order chi connectivity index (χ0) is 19.7. The van der Waals surface area contributed by atoms with Crippen LogP contribution in [0.15, 0.2) is 35.2 Å². The second-order valence-electron chi connectivity index (χ2n) is 8.24. The highest BCUT2D eigenvalue weighted by Crippen LogP contribution is 2.35. The van der Waals surface area contributed by atoms with E-state index in [1.807, 2.05) is 6.07 Å². The first-order valence-corrected chi connectivity index (χ1v) is 11.9. The molecule has 0 radical (unpaired) electrons. The lowest BCUT2D eigenvalue weighted by atomic mass is 9.84. The van der Waals surface area contributed by atoms with Gasteiger partial charge in [0.15, 0.2) is 9.84 Å². The summed E-state index contributed by atoms with van der Waals surface area (Å²) in [5.41, 5.74) is 2.86. The molecule has 1 aromatic carbocycles. The fourth-order valence-corrected chi connectivity index (χ4v) is 5.62. The fourth-order valence-electron chi connectivity index (χ4n) is 4.72. The van der Waals surface area contributed by atoms with Crippen LogP contribution in [0.25, 0.3) is 11.3 Å². The maximum atomic E-state index is 12.3. The number of nitrogens with zero attached hydrogens (tertiary/aromatic N) is 1. The molecule has 3 heterocycles. The minimum Gasteiger partial charge on any atom is -0.496 e. The molecule has 1 N–H and O–H groups in total. The van der Waals surface area contributed by atoms with E-state index in [0.717, 1.165) is 29.6 Å². The summed E-state index contributed by atoms with van der Waals surface area (Å²) in [5, 5.41) is 0. The van der Waals surface area contributed by atoms with Crippen LogP contribution in [0.1, 0.15) is 38.3 Å².